The fraction of sp³-hybridized carbons (Fsp3) is 1.00. The predicted molar refractivity (Wildman–Crippen MR) is 61.3 cm³/mol. The summed E-state index contributed by atoms with van der Waals surface area (Å²) in [5.41, 5.74) is 0. The van der Waals surface area contributed by atoms with Crippen molar-refractivity contribution in [1.82, 2.24) is 5.32 Å². The average Bonchev–Trinajstić information content (AvgIpc) is 2.30. The van der Waals surface area contributed by atoms with Gasteiger partial charge in [0.05, 0.1) is 0 Å². The van der Waals surface area contributed by atoms with E-state index >= 15 is 0 Å². The average molecular weight is 195 g/mol. The molecule has 2 fully saturated rings. The van der Waals surface area contributed by atoms with Crippen LogP contribution in [0.2, 0.25) is 0 Å². The summed E-state index contributed by atoms with van der Waals surface area (Å²) in [6.45, 7) is 5.05. The first-order valence-corrected chi connectivity index (χ1v) is 6.58. The zero-order valence-electron chi connectivity index (χ0n) is 9.60. The number of hydrogen-bond acceptors (Lipinski definition) is 1. The normalized spacial score (nSPS) is 32.8. The van der Waals surface area contributed by atoms with E-state index in [1.54, 1.807) is 0 Å². The Kier molecular flexibility index (Phi) is 3.86. The molecule has 0 radical (unpaired) electrons. The topological polar surface area (TPSA) is 12.0 Å². The summed E-state index contributed by atoms with van der Waals surface area (Å²) in [7, 11) is 0. The van der Waals surface area contributed by atoms with Gasteiger partial charge in [0.25, 0.3) is 0 Å². The first-order chi connectivity index (χ1) is 6.88. The molecular weight excluding hydrogens is 170 g/mol. The van der Waals surface area contributed by atoms with E-state index < -0.39 is 0 Å². The van der Waals surface area contributed by atoms with Crippen LogP contribution in [-0.4, -0.2) is 13.1 Å². The van der Waals surface area contributed by atoms with Gasteiger partial charge in [0.15, 0.2) is 0 Å². The summed E-state index contributed by atoms with van der Waals surface area (Å²) in [5, 5.41) is 3.55. The molecule has 1 N–H and O–H groups in total. The second-order valence-electron chi connectivity index (χ2n) is 5.36. The zero-order valence-corrected chi connectivity index (χ0v) is 9.60. The van der Waals surface area contributed by atoms with Crippen LogP contribution < -0.4 is 5.32 Å². The minimum atomic E-state index is 0.975. The lowest BCUT2D eigenvalue weighted by molar-refractivity contribution is 0.168. The second kappa shape index (κ2) is 5.16. The summed E-state index contributed by atoms with van der Waals surface area (Å²) in [5.74, 6) is 3.00. The van der Waals surface area contributed by atoms with Crippen molar-refractivity contribution < 1.29 is 0 Å². The van der Waals surface area contributed by atoms with Gasteiger partial charge in [-0.2, -0.15) is 0 Å². The van der Waals surface area contributed by atoms with Gasteiger partial charge in [0, 0.05) is 0 Å². The van der Waals surface area contributed by atoms with Crippen LogP contribution in [0.25, 0.3) is 0 Å². The summed E-state index contributed by atoms with van der Waals surface area (Å²) in [4.78, 5) is 0. The van der Waals surface area contributed by atoms with Crippen molar-refractivity contribution in [2.24, 2.45) is 17.8 Å². The van der Waals surface area contributed by atoms with Crippen LogP contribution in [0, 0.1) is 17.8 Å². The number of piperidine rings is 1. The standard InChI is InChI=1S/C13H25N/c1-11(12-6-3-2-4-7-12)13-8-5-9-14-10-13/h11-14H,2-10H2,1H3/t11?,13-/m0/s1. The molecule has 1 unspecified atom stereocenters. The molecule has 82 valence electrons. The molecule has 14 heavy (non-hydrogen) atoms. The molecule has 0 amide bonds. The highest BCUT2D eigenvalue weighted by Gasteiger charge is 2.27. The lowest BCUT2D eigenvalue weighted by Gasteiger charge is -2.35. The van der Waals surface area contributed by atoms with Crippen molar-refractivity contribution in [2.45, 2.75) is 51.9 Å². The summed E-state index contributed by atoms with van der Waals surface area (Å²) < 4.78 is 0. The van der Waals surface area contributed by atoms with E-state index in [0.717, 1.165) is 17.8 Å². The van der Waals surface area contributed by atoms with E-state index in [-0.39, 0.29) is 0 Å². The lowest BCUT2D eigenvalue weighted by Crippen LogP contribution is -2.36. The van der Waals surface area contributed by atoms with Crippen LogP contribution in [0.4, 0.5) is 0 Å². The second-order valence-corrected chi connectivity index (χ2v) is 5.36. The summed E-state index contributed by atoms with van der Waals surface area (Å²) >= 11 is 0. The molecule has 2 rings (SSSR count). The molecule has 1 aliphatic carbocycles. The van der Waals surface area contributed by atoms with E-state index in [4.69, 9.17) is 0 Å². The fourth-order valence-corrected chi connectivity index (χ4v) is 3.37. The van der Waals surface area contributed by atoms with Gasteiger partial charge in [-0.1, -0.05) is 39.0 Å². The maximum Gasteiger partial charge on any atom is -0.00179 e. The van der Waals surface area contributed by atoms with Gasteiger partial charge in [0.1, 0.15) is 0 Å². The Labute approximate surface area is 88.7 Å². The molecular formula is C13H25N. The molecule has 2 aliphatic rings. The molecule has 1 saturated carbocycles. The predicted octanol–water partition coefficient (Wildman–Crippen LogP) is 3.20. The largest absolute Gasteiger partial charge is 0.316 e. The molecule has 1 nitrogen and oxygen atoms in total. The third-order valence-corrected chi connectivity index (χ3v) is 4.47. The minimum Gasteiger partial charge on any atom is -0.316 e. The van der Waals surface area contributed by atoms with Crippen LogP contribution in [0.5, 0.6) is 0 Å². The molecule has 1 saturated heterocycles. The number of hydrogen-bond donors (Lipinski definition) is 1. The molecule has 2 atom stereocenters. The van der Waals surface area contributed by atoms with Crippen molar-refractivity contribution in [3.8, 4) is 0 Å². The molecule has 0 spiro atoms. The van der Waals surface area contributed by atoms with E-state index in [2.05, 4.69) is 12.2 Å². The van der Waals surface area contributed by atoms with E-state index in [1.165, 1.54) is 58.0 Å². The third-order valence-electron chi connectivity index (χ3n) is 4.47. The van der Waals surface area contributed by atoms with Crippen LogP contribution in [0.1, 0.15) is 51.9 Å². The van der Waals surface area contributed by atoms with Gasteiger partial charge in [-0.3, -0.25) is 0 Å². The molecule has 1 heterocycles. The third kappa shape index (κ3) is 2.50. The van der Waals surface area contributed by atoms with E-state index in [0.29, 0.717) is 0 Å². The Morgan fingerprint density at radius 1 is 0.929 bits per heavy atom. The fourth-order valence-electron chi connectivity index (χ4n) is 3.37. The van der Waals surface area contributed by atoms with Crippen LogP contribution >= 0.6 is 0 Å². The Bertz CT molecular complexity index is 137. The highest BCUT2D eigenvalue weighted by Crippen LogP contribution is 2.35. The first kappa shape index (κ1) is 10.5. The van der Waals surface area contributed by atoms with Gasteiger partial charge < -0.3 is 5.32 Å². The van der Waals surface area contributed by atoms with E-state index in [1.807, 2.05) is 0 Å². The molecule has 0 aromatic rings. The van der Waals surface area contributed by atoms with Gasteiger partial charge in [-0.05, 0) is 43.7 Å². The van der Waals surface area contributed by atoms with Crippen molar-refractivity contribution in [1.29, 1.82) is 0 Å². The monoisotopic (exact) mass is 195 g/mol. The smallest absolute Gasteiger partial charge is 0.00179 e. The molecule has 0 bridgehead atoms. The Balaban J connectivity index is 1.82. The zero-order chi connectivity index (χ0) is 9.80. The van der Waals surface area contributed by atoms with Gasteiger partial charge in [0.2, 0.25) is 0 Å². The highest BCUT2D eigenvalue weighted by atomic mass is 14.9. The summed E-state index contributed by atoms with van der Waals surface area (Å²) in [6.07, 6.45) is 10.4. The maximum atomic E-state index is 3.55. The van der Waals surface area contributed by atoms with Crippen molar-refractivity contribution in [2.75, 3.05) is 13.1 Å². The highest BCUT2D eigenvalue weighted by molar-refractivity contribution is 4.80. The minimum absolute atomic E-state index is 0.975. The van der Waals surface area contributed by atoms with Crippen molar-refractivity contribution in [3.05, 3.63) is 0 Å². The number of nitrogens with one attached hydrogen (secondary N) is 1. The van der Waals surface area contributed by atoms with Crippen molar-refractivity contribution in [3.63, 3.8) is 0 Å². The van der Waals surface area contributed by atoms with Crippen LogP contribution in [0.3, 0.4) is 0 Å². The van der Waals surface area contributed by atoms with Crippen LogP contribution in [0.15, 0.2) is 0 Å². The molecule has 0 aromatic heterocycles. The van der Waals surface area contributed by atoms with Gasteiger partial charge >= 0.3 is 0 Å². The molecule has 0 aromatic carbocycles. The summed E-state index contributed by atoms with van der Waals surface area (Å²) in [6, 6.07) is 0. The Morgan fingerprint density at radius 3 is 2.29 bits per heavy atom. The van der Waals surface area contributed by atoms with Gasteiger partial charge in [-0.25, -0.2) is 0 Å². The lowest BCUT2D eigenvalue weighted by atomic mass is 9.73. The quantitative estimate of drug-likeness (QED) is 0.713. The maximum absolute atomic E-state index is 3.55. The van der Waals surface area contributed by atoms with E-state index in [9.17, 15) is 0 Å². The number of rotatable bonds is 2. The van der Waals surface area contributed by atoms with Crippen LogP contribution in [-0.2, 0) is 0 Å². The van der Waals surface area contributed by atoms with Crippen molar-refractivity contribution >= 4 is 0 Å². The molecule has 1 heteroatoms. The Hall–Kier alpha value is -0.0400. The Morgan fingerprint density at radius 2 is 1.64 bits per heavy atom. The SMILES string of the molecule is CC(C1CCCCC1)[C@H]1CCCNC1. The molecule has 1 aliphatic heterocycles. The first-order valence-electron chi connectivity index (χ1n) is 6.58. The van der Waals surface area contributed by atoms with Gasteiger partial charge in [-0.15, -0.1) is 0 Å².